The number of benzene rings is 3. The van der Waals surface area contributed by atoms with Gasteiger partial charge in [0.15, 0.2) is 0 Å². The molecule has 1 saturated heterocycles. The number of amides is 3. The van der Waals surface area contributed by atoms with Gasteiger partial charge in [-0.25, -0.2) is 19.7 Å². The number of hydrogen-bond donors (Lipinski definition) is 3. The highest BCUT2D eigenvalue weighted by Crippen LogP contribution is 2.31. The summed E-state index contributed by atoms with van der Waals surface area (Å²) < 4.78 is 6.08. The summed E-state index contributed by atoms with van der Waals surface area (Å²) in [7, 11) is 2.12. The minimum atomic E-state index is -0.391. The highest BCUT2D eigenvalue weighted by atomic mass is 35.5. The van der Waals surface area contributed by atoms with Crippen molar-refractivity contribution in [3.63, 3.8) is 0 Å². The van der Waals surface area contributed by atoms with E-state index in [9.17, 15) is 9.59 Å². The van der Waals surface area contributed by atoms with Crippen LogP contribution in [0.15, 0.2) is 103 Å². The van der Waals surface area contributed by atoms with Crippen LogP contribution in [-0.4, -0.2) is 65.0 Å². The molecule has 3 amide bonds. The van der Waals surface area contributed by atoms with Crippen molar-refractivity contribution in [1.82, 2.24) is 19.9 Å². The van der Waals surface area contributed by atoms with Gasteiger partial charge in [-0.2, -0.15) is 0 Å². The molecule has 1 aliphatic heterocycles. The van der Waals surface area contributed by atoms with Gasteiger partial charge in [0.05, 0.1) is 11.3 Å². The molecular formula is C34H31ClN8O3. The van der Waals surface area contributed by atoms with Crippen LogP contribution in [0.2, 0.25) is 5.02 Å². The normalized spacial score (nSPS) is 13.1. The second kappa shape index (κ2) is 14.1. The number of aromatic nitrogens is 3. The lowest BCUT2D eigenvalue weighted by Gasteiger charge is -2.34. The van der Waals surface area contributed by atoms with Crippen LogP contribution in [0.3, 0.4) is 0 Å². The maximum Gasteiger partial charge on any atom is 0.323 e. The molecule has 0 aliphatic carbocycles. The topological polar surface area (TPSA) is 125 Å². The van der Waals surface area contributed by atoms with Gasteiger partial charge in [-0.3, -0.25) is 10.1 Å². The fourth-order valence-electron chi connectivity index (χ4n) is 4.84. The fraction of sp³-hybridized carbons (Fsp3) is 0.147. The van der Waals surface area contributed by atoms with Crippen LogP contribution in [-0.2, 0) is 0 Å². The van der Waals surface area contributed by atoms with Gasteiger partial charge in [0.25, 0.3) is 5.91 Å². The summed E-state index contributed by atoms with van der Waals surface area (Å²) >= 11 is 5.90. The van der Waals surface area contributed by atoms with E-state index in [0.29, 0.717) is 44.8 Å². The number of nitrogens with one attached hydrogen (secondary N) is 3. The molecule has 11 nitrogen and oxygen atoms in total. The molecule has 1 aliphatic rings. The first-order chi connectivity index (χ1) is 22.4. The largest absolute Gasteiger partial charge is 0.438 e. The number of carbonyl (C=O) groups excluding carboxylic acids is 2. The van der Waals surface area contributed by atoms with Crippen molar-refractivity contribution >= 4 is 46.5 Å². The third-order valence-electron chi connectivity index (χ3n) is 7.35. The summed E-state index contributed by atoms with van der Waals surface area (Å²) in [5.74, 6) is 0.679. The number of likely N-dealkylation sites (N-methyl/N-ethyl adjacent to an activating group) is 1. The average Bonchev–Trinajstić information content (AvgIpc) is 3.07. The molecule has 12 heteroatoms. The number of halogens is 1. The summed E-state index contributed by atoms with van der Waals surface area (Å²) in [4.78, 5) is 43.2. The van der Waals surface area contributed by atoms with E-state index in [2.05, 4.69) is 47.7 Å². The average molecular weight is 635 g/mol. The number of nitrogens with zero attached hydrogens (tertiary/aromatic N) is 5. The quantitative estimate of drug-likeness (QED) is 0.174. The second-order valence-corrected chi connectivity index (χ2v) is 11.1. The van der Waals surface area contributed by atoms with Gasteiger partial charge in [-0.1, -0.05) is 11.6 Å². The summed E-state index contributed by atoms with van der Waals surface area (Å²) in [6, 6.07) is 26.2. The van der Waals surface area contributed by atoms with E-state index in [4.69, 9.17) is 16.3 Å². The molecule has 46 heavy (non-hydrogen) atoms. The van der Waals surface area contributed by atoms with Crippen LogP contribution in [0, 0.1) is 0 Å². The SMILES string of the molecule is CN1CCN(c2ccc(C(=O)Nc3nccc(-c4cccnc4Oc4ccc(NC(=O)Nc5ccc(Cl)cc5)cc4)n3)cc2)CC1. The van der Waals surface area contributed by atoms with Crippen LogP contribution in [0.5, 0.6) is 11.6 Å². The third kappa shape index (κ3) is 7.76. The van der Waals surface area contributed by atoms with Crippen LogP contribution in [0.1, 0.15) is 10.4 Å². The van der Waals surface area contributed by atoms with Gasteiger partial charge in [0.2, 0.25) is 11.8 Å². The summed E-state index contributed by atoms with van der Waals surface area (Å²) in [5.41, 5.74) is 3.94. The van der Waals surface area contributed by atoms with Gasteiger partial charge in [0, 0.05) is 66.2 Å². The number of ether oxygens (including phenoxy) is 1. The molecule has 0 radical (unpaired) electrons. The van der Waals surface area contributed by atoms with Gasteiger partial charge in [-0.05, 0) is 98.0 Å². The monoisotopic (exact) mass is 634 g/mol. The molecule has 3 heterocycles. The Hall–Kier alpha value is -5.52. The minimum absolute atomic E-state index is 0.160. The van der Waals surface area contributed by atoms with Gasteiger partial charge in [0.1, 0.15) is 5.75 Å². The lowest BCUT2D eigenvalue weighted by molar-refractivity contribution is 0.102. The Morgan fingerprint density at radius 2 is 1.43 bits per heavy atom. The zero-order valence-corrected chi connectivity index (χ0v) is 25.7. The van der Waals surface area contributed by atoms with E-state index in [1.54, 1.807) is 73.1 Å². The Morgan fingerprint density at radius 3 is 2.13 bits per heavy atom. The molecule has 5 aromatic rings. The molecule has 0 atom stereocenters. The Bertz CT molecular complexity index is 1810. The Morgan fingerprint density at radius 1 is 0.761 bits per heavy atom. The zero-order chi connectivity index (χ0) is 31.9. The highest BCUT2D eigenvalue weighted by Gasteiger charge is 2.16. The maximum absolute atomic E-state index is 13.0. The smallest absolute Gasteiger partial charge is 0.323 e. The molecule has 232 valence electrons. The number of anilines is 4. The lowest BCUT2D eigenvalue weighted by Crippen LogP contribution is -2.44. The highest BCUT2D eigenvalue weighted by molar-refractivity contribution is 6.30. The molecule has 1 fully saturated rings. The number of piperazine rings is 1. The Kier molecular flexibility index (Phi) is 9.32. The molecule has 2 aromatic heterocycles. The van der Waals surface area contributed by atoms with Gasteiger partial charge in [-0.15, -0.1) is 0 Å². The lowest BCUT2D eigenvalue weighted by atomic mass is 10.1. The van der Waals surface area contributed by atoms with E-state index >= 15 is 0 Å². The van der Waals surface area contributed by atoms with Crippen molar-refractivity contribution in [3.8, 4) is 22.9 Å². The molecule has 0 bridgehead atoms. The number of urea groups is 1. The molecule has 0 unspecified atom stereocenters. The predicted octanol–water partition coefficient (Wildman–Crippen LogP) is 6.63. The van der Waals surface area contributed by atoms with Crippen LogP contribution in [0.25, 0.3) is 11.3 Å². The van der Waals surface area contributed by atoms with Crippen molar-refractivity contribution < 1.29 is 14.3 Å². The standard InChI is InChI=1S/C34H31ClN8O3/c1-42-19-21-43(22-20-42)27-12-4-23(5-13-27)31(44)41-33-37-18-16-30(40-33)29-3-2-17-36-32(29)46-28-14-10-26(11-15-28)39-34(45)38-25-8-6-24(35)7-9-25/h2-18H,19-22H2,1H3,(H2,38,39,45)(H,37,40,41,44). The van der Waals surface area contributed by atoms with Gasteiger partial charge < -0.3 is 25.2 Å². The molecule has 0 saturated carbocycles. The summed E-state index contributed by atoms with van der Waals surface area (Å²) in [5, 5.41) is 8.90. The molecular weight excluding hydrogens is 604 g/mol. The number of hydrogen-bond acceptors (Lipinski definition) is 8. The first-order valence-corrected chi connectivity index (χ1v) is 15.0. The molecule has 3 aromatic carbocycles. The van der Waals surface area contributed by atoms with E-state index in [1.807, 2.05) is 30.3 Å². The summed E-state index contributed by atoms with van der Waals surface area (Å²) in [6.45, 7) is 3.93. The number of pyridine rings is 1. The van der Waals surface area contributed by atoms with Crippen LogP contribution >= 0.6 is 11.6 Å². The first-order valence-electron chi connectivity index (χ1n) is 14.6. The van der Waals surface area contributed by atoms with Crippen molar-refractivity contribution in [2.45, 2.75) is 0 Å². The van der Waals surface area contributed by atoms with Gasteiger partial charge >= 0.3 is 6.03 Å². The second-order valence-electron chi connectivity index (χ2n) is 10.6. The fourth-order valence-corrected chi connectivity index (χ4v) is 4.97. The Balaban J connectivity index is 1.09. The minimum Gasteiger partial charge on any atom is -0.438 e. The molecule has 6 rings (SSSR count). The van der Waals surface area contributed by atoms with Crippen molar-refractivity contribution in [2.75, 3.05) is 54.1 Å². The number of rotatable bonds is 8. The van der Waals surface area contributed by atoms with Crippen molar-refractivity contribution in [1.29, 1.82) is 0 Å². The molecule has 3 N–H and O–H groups in total. The van der Waals surface area contributed by atoms with Crippen LogP contribution in [0.4, 0.5) is 27.8 Å². The Labute approximate surface area is 271 Å². The van der Waals surface area contributed by atoms with E-state index in [0.717, 1.165) is 31.9 Å². The van der Waals surface area contributed by atoms with E-state index in [1.165, 1.54) is 0 Å². The van der Waals surface area contributed by atoms with Crippen molar-refractivity contribution in [2.24, 2.45) is 0 Å². The third-order valence-corrected chi connectivity index (χ3v) is 7.61. The zero-order valence-electron chi connectivity index (χ0n) is 25.0. The van der Waals surface area contributed by atoms with E-state index in [-0.39, 0.29) is 11.9 Å². The van der Waals surface area contributed by atoms with Crippen LogP contribution < -0.4 is 25.6 Å². The predicted molar refractivity (Wildman–Crippen MR) is 180 cm³/mol. The summed E-state index contributed by atoms with van der Waals surface area (Å²) in [6.07, 6.45) is 3.19. The maximum atomic E-state index is 13.0. The molecule has 0 spiro atoms. The first kappa shape index (κ1) is 30.5. The number of carbonyl (C=O) groups is 2. The van der Waals surface area contributed by atoms with E-state index < -0.39 is 6.03 Å². The van der Waals surface area contributed by atoms with Crippen molar-refractivity contribution in [3.05, 3.63) is 114 Å².